The summed E-state index contributed by atoms with van der Waals surface area (Å²) in [6.07, 6.45) is 1.78. The Morgan fingerprint density at radius 2 is 1.81 bits per heavy atom. The van der Waals surface area contributed by atoms with Gasteiger partial charge in [0.05, 0.1) is 11.6 Å². The van der Waals surface area contributed by atoms with Gasteiger partial charge in [0.1, 0.15) is 11.6 Å². The topological polar surface area (TPSA) is 50.1 Å². The molecule has 3 nitrogen and oxygen atoms in total. The Morgan fingerprint density at radius 1 is 1.14 bits per heavy atom. The van der Waals surface area contributed by atoms with E-state index >= 15 is 0 Å². The third-order valence-electron chi connectivity index (χ3n) is 2.74. The number of rotatable bonds is 4. The first-order chi connectivity index (χ1) is 10.2. The van der Waals surface area contributed by atoms with Gasteiger partial charge < -0.3 is 4.74 Å². The number of ether oxygens (including phenoxy) is 1. The van der Waals surface area contributed by atoms with Crippen LogP contribution in [-0.2, 0) is 4.79 Å². The van der Waals surface area contributed by atoms with Gasteiger partial charge in [-0.1, -0.05) is 42.5 Å². The van der Waals surface area contributed by atoms with Crippen LogP contribution in [0.3, 0.4) is 0 Å². The smallest absolute Gasteiger partial charge is 0.326 e. The number of carbonyl (C=O) groups excluding carboxylic acids is 1. The van der Waals surface area contributed by atoms with Crippen molar-refractivity contribution in [1.29, 1.82) is 5.26 Å². The number of alkyl halides is 1. The van der Waals surface area contributed by atoms with Gasteiger partial charge in [-0.2, -0.15) is 5.26 Å². The molecule has 2 aromatic carbocycles. The first-order valence-corrected chi connectivity index (χ1v) is 6.80. The lowest BCUT2D eigenvalue weighted by atomic mass is 10.0. The van der Waals surface area contributed by atoms with Gasteiger partial charge in [0.2, 0.25) is 0 Å². The van der Waals surface area contributed by atoms with Crippen molar-refractivity contribution in [1.82, 2.24) is 0 Å². The fourth-order valence-corrected chi connectivity index (χ4v) is 1.81. The van der Waals surface area contributed by atoms with Crippen LogP contribution in [0.4, 0.5) is 0 Å². The summed E-state index contributed by atoms with van der Waals surface area (Å²) >= 11 is 5.37. The van der Waals surface area contributed by atoms with E-state index in [9.17, 15) is 10.1 Å². The third-order valence-corrected chi connectivity index (χ3v) is 2.96. The van der Waals surface area contributed by atoms with Gasteiger partial charge in [0.25, 0.3) is 0 Å². The summed E-state index contributed by atoms with van der Waals surface area (Å²) < 4.78 is 4.98. The van der Waals surface area contributed by atoms with Gasteiger partial charge in [0, 0.05) is 0 Å². The monoisotopic (exact) mass is 297 g/mol. The Balaban J connectivity index is 2.20. The number of hydrogen-bond donors (Lipinski definition) is 0. The van der Waals surface area contributed by atoms with E-state index in [1.165, 1.54) is 0 Å². The zero-order valence-electron chi connectivity index (χ0n) is 11.1. The number of benzene rings is 2. The second-order valence-corrected chi connectivity index (χ2v) is 4.48. The van der Waals surface area contributed by atoms with Gasteiger partial charge in [0.15, 0.2) is 0 Å². The summed E-state index contributed by atoms with van der Waals surface area (Å²) in [7, 11) is 0. The fraction of sp³-hybridized carbons (Fsp3) is 0.0588. The first-order valence-electron chi connectivity index (χ1n) is 6.27. The Kier molecular flexibility index (Phi) is 5.14. The molecule has 0 unspecified atom stereocenters. The second-order valence-electron chi connectivity index (χ2n) is 4.21. The minimum Gasteiger partial charge on any atom is -0.426 e. The van der Waals surface area contributed by atoms with Crippen LogP contribution < -0.4 is 4.74 Å². The van der Waals surface area contributed by atoms with Crippen LogP contribution in [0.15, 0.2) is 54.6 Å². The molecule has 0 radical (unpaired) electrons. The van der Waals surface area contributed by atoms with Crippen molar-refractivity contribution in [2.24, 2.45) is 0 Å². The minimum atomic E-state index is -0.498. The van der Waals surface area contributed by atoms with Crippen LogP contribution >= 0.6 is 11.6 Å². The third kappa shape index (κ3) is 4.20. The Bertz CT molecular complexity index is 685. The number of hydrogen-bond acceptors (Lipinski definition) is 3. The molecule has 0 saturated heterocycles. The number of halogens is 1. The molecule has 0 aliphatic heterocycles. The maximum atomic E-state index is 11.1. The molecule has 2 rings (SSSR count). The fourth-order valence-electron chi connectivity index (χ4n) is 1.76. The van der Waals surface area contributed by atoms with E-state index in [0.29, 0.717) is 11.3 Å². The molecule has 0 aliphatic carbocycles. The van der Waals surface area contributed by atoms with Gasteiger partial charge in [-0.3, -0.25) is 4.79 Å². The second kappa shape index (κ2) is 7.28. The van der Waals surface area contributed by atoms with Crippen LogP contribution in [0.2, 0.25) is 0 Å². The molecule has 0 spiro atoms. The van der Waals surface area contributed by atoms with Gasteiger partial charge in [-0.05, 0) is 29.3 Å². The van der Waals surface area contributed by atoms with Crippen molar-refractivity contribution in [3.63, 3.8) is 0 Å². The lowest BCUT2D eigenvalue weighted by Crippen LogP contribution is -2.08. The van der Waals surface area contributed by atoms with E-state index in [1.807, 2.05) is 30.3 Å². The average molecular weight is 298 g/mol. The first kappa shape index (κ1) is 14.8. The van der Waals surface area contributed by atoms with Crippen molar-refractivity contribution in [2.45, 2.75) is 0 Å². The van der Waals surface area contributed by atoms with Crippen LogP contribution in [0, 0.1) is 11.3 Å². The number of nitriles is 1. The quantitative estimate of drug-likeness (QED) is 0.283. The molecule has 104 valence electrons. The summed E-state index contributed by atoms with van der Waals surface area (Å²) in [5.74, 6) is -0.258. The largest absolute Gasteiger partial charge is 0.426 e. The Hall–Kier alpha value is -2.57. The molecule has 0 aromatic heterocycles. The average Bonchev–Trinajstić information content (AvgIpc) is 2.54. The van der Waals surface area contributed by atoms with E-state index in [-0.39, 0.29) is 5.88 Å². The molecule has 0 atom stereocenters. The molecule has 0 amide bonds. The van der Waals surface area contributed by atoms with Gasteiger partial charge in [-0.15, -0.1) is 11.6 Å². The SMILES string of the molecule is N#C/C(=C/c1ccc(OC(=O)CCl)cc1)c1ccccc1. The highest BCUT2D eigenvalue weighted by atomic mass is 35.5. The van der Waals surface area contributed by atoms with Gasteiger partial charge >= 0.3 is 5.97 Å². The summed E-state index contributed by atoms with van der Waals surface area (Å²) in [4.78, 5) is 11.1. The van der Waals surface area contributed by atoms with Crippen molar-refractivity contribution in [3.05, 3.63) is 65.7 Å². The molecule has 0 N–H and O–H groups in total. The molecule has 0 saturated carbocycles. The number of esters is 1. The zero-order valence-corrected chi connectivity index (χ0v) is 11.9. The normalized spacial score (nSPS) is 10.8. The summed E-state index contributed by atoms with van der Waals surface area (Å²) in [5.41, 5.74) is 2.28. The Morgan fingerprint density at radius 3 is 2.38 bits per heavy atom. The molecular weight excluding hydrogens is 286 g/mol. The predicted octanol–water partition coefficient (Wildman–Crippen LogP) is 3.89. The van der Waals surface area contributed by atoms with E-state index in [2.05, 4.69) is 6.07 Å². The molecule has 4 heteroatoms. The van der Waals surface area contributed by atoms with Gasteiger partial charge in [-0.25, -0.2) is 0 Å². The van der Waals surface area contributed by atoms with Crippen LogP contribution in [0.25, 0.3) is 11.6 Å². The predicted molar refractivity (Wildman–Crippen MR) is 82.7 cm³/mol. The molecule has 0 heterocycles. The molecule has 21 heavy (non-hydrogen) atoms. The summed E-state index contributed by atoms with van der Waals surface area (Å²) in [6.45, 7) is 0. The van der Waals surface area contributed by atoms with Crippen molar-refractivity contribution >= 4 is 29.2 Å². The zero-order chi connectivity index (χ0) is 15.1. The lowest BCUT2D eigenvalue weighted by Gasteiger charge is -2.03. The molecular formula is C17H12ClNO2. The summed E-state index contributed by atoms with van der Waals surface area (Å²) in [6, 6.07) is 18.5. The number of allylic oxidation sites excluding steroid dienone is 1. The maximum Gasteiger partial charge on any atom is 0.326 e. The van der Waals surface area contributed by atoms with E-state index < -0.39 is 5.97 Å². The van der Waals surface area contributed by atoms with Crippen molar-refractivity contribution < 1.29 is 9.53 Å². The van der Waals surface area contributed by atoms with E-state index in [4.69, 9.17) is 16.3 Å². The molecule has 2 aromatic rings. The number of carbonyl (C=O) groups is 1. The summed E-state index contributed by atoms with van der Waals surface area (Å²) in [5, 5.41) is 9.24. The number of nitrogens with zero attached hydrogens (tertiary/aromatic N) is 1. The van der Waals surface area contributed by atoms with Crippen LogP contribution in [0.5, 0.6) is 5.75 Å². The van der Waals surface area contributed by atoms with Crippen LogP contribution in [-0.4, -0.2) is 11.8 Å². The van der Waals surface area contributed by atoms with Crippen LogP contribution in [0.1, 0.15) is 11.1 Å². The molecule has 0 aliphatic rings. The Labute approximate surface area is 128 Å². The van der Waals surface area contributed by atoms with Crippen molar-refractivity contribution in [3.8, 4) is 11.8 Å². The van der Waals surface area contributed by atoms with Crippen molar-refractivity contribution in [2.75, 3.05) is 5.88 Å². The highest BCUT2D eigenvalue weighted by Crippen LogP contribution is 2.19. The maximum absolute atomic E-state index is 11.1. The van der Waals surface area contributed by atoms with E-state index in [0.717, 1.165) is 11.1 Å². The molecule has 0 fully saturated rings. The minimum absolute atomic E-state index is 0.186. The standard InChI is InChI=1S/C17H12ClNO2/c18-11-17(20)21-16-8-6-13(7-9-16)10-15(12-19)14-4-2-1-3-5-14/h1-10H,11H2/b15-10-. The highest BCUT2D eigenvalue weighted by Gasteiger charge is 2.03. The molecule has 0 bridgehead atoms. The highest BCUT2D eigenvalue weighted by molar-refractivity contribution is 6.26. The lowest BCUT2D eigenvalue weighted by molar-refractivity contribution is -0.131. The van der Waals surface area contributed by atoms with E-state index in [1.54, 1.807) is 30.3 Å².